The summed E-state index contributed by atoms with van der Waals surface area (Å²) < 4.78 is 5.07. The van der Waals surface area contributed by atoms with Gasteiger partial charge in [0.2, 0.25) is 0 Å². The molecule has 1 atom stereocenters. The number of pyridine rings is 1. The first-order chi connectivity index (χ1) is 8.58. The van der Waals surface area contributed by atoms with Gasteiger partial charge in [0.25, 0.3) is 5.91 Å². The molecule has 0 bridgehead atoms. The van der Waals surface area contributed by atoms with Crippen LogP contribution in [0.3, 0.4) is 0 Å². The molecule has 0 unspecified atom stereocenters. The Bertz CT molecular complexity index is 458. The normalized spacial score (nSPS) is 19.6. The fraction of sp³-hybridized carbons (Fsp3) is 0.417. The Morgan fingerprint density at radius 1 is 1.50 bits per heavy atom. The Labute approximate surface area is 104 Å². The number of ether oxygens (including phenoxy) is 1. The molecule has 96 valence electrons. The van der Waals surface area contributed by atoms with Crippen LogP contribution >= 0.6 is 0 Å². The van der Waals surface area contributed by atoms with Crippen molar-refractivity contribution in [2.45, 2.75) is 13.0 Å². The Morgan fingerprint density at radius 3 is 2.89 bits per heavy atom. The summed E-state index contributed by atoms with van der Waals surface area (Å²) in [5.41, 5.74) is 1.29. The fourth-order valence-corrected chi connectivity index (χ4v) is 1.76. The predicted octanol–water partition coefficient (Wildman–Crippen LogP) is 0.316. The van der Waals surface area contributed by atoms with Gasteiger partial charge in [0, 0.05) is 18.4 Å². The monoisotopic (exact) mass is 250 g/mol. The molecule has 6 heteroatoms. The molecular formula is C12H14N2O4. The highest BCUT2D eigenvalue weighted by Gasteiger charge is 2.29. The Morgan fingerprint density at radius 2 is 2.28 bits per heavy atom. The van der Waals surface area contributed by atoms with Crippen molar-refractivity contribution in [1.29, 1.82) is 0 Å². The first-order valence-electron chi connectivity index (χ1n) is 5.64. The van der Waals surface area contributed by atoms with Crippen molar-refractivity contribution in [3.8, 4) is 0 Å². The molecule has 1 fully saturated rings. The molecule has 1 aromatic heterocycles. The summed E-state index contributed by atoms with van der Waals surface area (Å²) in [6, 6.07) is 3.44. The number of aliphatic carboxylic acids is 1. The molecule has 2 rings (SSSR count). The van der Waals surface area contributed by atoms with Gasteiger partial charge in [-0.25, -0.2) is 4.79 Å². The SMILES string of the molecule is Cc1ccc(C(=O)N2CCO[C@@H](C(=O)O)C2)cn1. The van der Waals surface area contributed by atoms with E-state index in [-0.39, 0.29) is 19.1 Å². The summed E-state index contributed by atoms with van der Waals surface area (Å²) in [6.45, 7) is 2.55. The average Bonchev–Trinajstić information content (AvgIpc) is 2.39. The number of hydrogen-bond donors (Lipinski definition) is 1. The smallest absolute Gasteiger partial charge is 0.334 e. The summed E-state index contributed by atoms with van der Waals surface area (Å²) >= 11 is 0. The van der Waals surface area contributed by atoms with Gasteiger partial charge in [0.1, 0.15) is 0 Å². The van der Waals surface area contributed by atoms with E-state index in [1.54, 1.807) is 12.1 Å². The van der Waals surface area contributed by atoms with Crippen molar-refractivity contribution < 1.29 is 19.4 Å². The molecule has 0 radical (unpaired) electrons. The van der Waals surface area contributed by atoms with Crippen molar-refractivity contribution in [2.75, 3.05) is 19.7 Å². The topological polar surface area (TPSA) is 79.7 Å². The van der Waals surface area contributed by atoms with Crippen LogP contribution in [0.25, 0.3) is 0 Å². The van der Waals surface area contributed by atoms with Crippen LogP contribution in [0, 0.1) is 6.92 Å². The highest BCUT2D eigenvalue weighted by atomic mass is 16.5. The molecule has 1 saturated heterocycles. The van der Waals surface area contributed by atoms with E-state index in [2.05, 4.69) is 4.98 Å². The van der Waals surface area contributed by atoms with Crippen LogP contribution in [0.1, 0.15) is 16.1 Å². The summed E-state index contributed by atoms with van der Waals surface area (Å²) in [7, 11) is 0. The molecule has 2 heterocycles. The molecular weight excluding hydrogens is 236 g/mol. The van der Waals surface area contributed by atoms with Crippen LogP contribution in [0.5, 0.6) is 0 Å². The van der Waals surface area contributed by atoms with Crippen molar-refractivity contribution in [2.24, 2.45) is 0 Å². The van der Waals surface area contributed by atoms with Gasteiger partial charge in [-0.15, -0.1) is 0 Å². The van der Waals surface area contributed by atoms with E-state index >= 15 is 0 Å². The van der Waals surface area contributed by atoms with Crippen molar-refractivity contribution >= 4 is 11.9 Å². The lowest BCUT2D eigenvalue weighted by Gasteiger charge is -2.30. The van der Waals surface area contributed by atoms with Crippen LogP contribution in [0.4, 0.5) is 0 Å². The lowest BCUT2D eigenvalue weighted by Crippen LogP contribution is -2.48. The number of rotatable bonds is 2. The lowest BCUT2D eigenvalue weighted by atomic mass is 10.2. The number of hydrogen-bond acceptors (Lipinski definition) is 4. The van der Waals surface area contributed by atoms with Crippen LogP contribution in [0.2, 0.25) is 0 Å². The molecule has 0 aliphatic carbocycles. The first-order valence-corrected chi connectivity index (χ1v) is 5.64. The third-order valence-electron chi connectivity index (χ3n) is 2.79. The standard InChI is InChI=1S/C12H14N2O4/c1-8-2-3-9(6-13-8)11(15)14-4-5-18-10(7-14)12(16)17/h2-3,6,10H,4-5,7H2,1H3,(H,16,17)/t10-/m1/s1. The van der Waals surface area contributed by atoms with E-state index in [1.165, 1.54) is 11.1 Å². The summed E-state index contributed by atoms with van der Waals surface area (Å²) in [5, 5.41) is 8.87. The first kappa shape index (κ1) is 12.5. The van der Waals surface area contributed by atoms with Gasteiger partial charge in [0.05, 0.1) is 18.7 Å². The van der Waals surface area contributed by atoms with Gasteiger partial charge < -0.3 is 14.7 Å². The van der Waals surface area contributed by atoms with Crippen LogP contribution in [0.15, 0.2) is 18.3 Å². The quantitative estimate of drug-likeness (QED) is 0.817. The number of carboxylic acid groups (broad SMARTS) is 1. The zero-order chi connectivity index (χ0) is 13.1. The van der Waals surface area contributed by atoms with E-state index in [0.717, 1.165) is 5.69 Å². The maximum atomic E-state index is 12.1. The number of nitrogens with zero attached hydrogens (tertiary/aromatic N) is 2. The average molecular weight is 250 g/mol. The number of amides is 1. The van der Waals surface area contributed by atoms with Gasteiger partial charge in [-0.05, 0) is 19.1 Å². The number of carbonyl (C=O) groups excluding carboxylic acids is 1. The third kappa shape index (κ3) is 2.65. The molecule has 1 aromatic rings. The molecule has 0 saturated carbocycles. The van der Waals surface area contributed by atoms with Crippen LogP contribution in [-0.2, 0) is 9.53 Å². The molecule has 1 N–H and O–H groups in total. The van der Waals surface area contributed by atoms with Gasteiger partial charge in [-0.3, -0.25) is 9.78 Å². The van der Waals surface area contributed by atoms with E-state index in [1.807, 2.05) is 6.92 Å². The highest BCUT2D eigenvalue weighted by molar-refractivity contribution is 5.94. The van der Waals surface area contributed by atoms with Gasteiger partial charge >= 0.3 is 5.97 Å². The summed E-state index contributed by atoms with van der Waals surface area (Å²) in [6.07, 6.45) is 0.559. The van der Waals surface area contributed by atoms with Crippen molar-refractivity contribution in [3.63, 3.8) is 0 Å². The van der Waals surface area contributed by atoms with Crippen molar-refractivity contribution in [1.82, 2.24) is 9.88 Å². The van der Waals surface area contributed by atoms with Crippen LogP contribution in [-0.4, -0.2) is 52.7 Å². The number of carbonyl (C=O) groups is 2. The van der Waals surface area contributed by atoms with Gasteiger partial charge in [-0.2, -0.15) is 0 Å². The minimum Gasteiger partial charge on any atom is -0.479 e. The predicted molar refractivity (Wildman–Crippen MR) is 62.3 cm³/mol. The van der Waals surface area contributed by atoms with Gasteiger partial charge in [-0.1, -0.05) is 0 Å². The van der Waals surface area contributed by atoms with Crippen molar-refractivity contribution in [3.05, 3.63) is 29.6 Å². The molecule has 1 aliphatic heterocycles. The highest BCUT2D eigenvalue weighted by Crippen LogP contribution is 2.10. The second kappa shape index (κ2) is 5.14. The maximum absolute atomic E-state index is 12.1. The Hall–Kier alpha value is -1.95. The van der Waals surface area contributed by atoms with E-state index in [9.17, 15) is 9.59 Å². The molecule has 0 spiro atoms. The fourth-order valence-electron chi connectivity index (χ4n) is 1.76. The second-order valence-electron chi connectivity index (χ2n) is 4.14. The summed E-state index contributed by atoms with van der Waals surface area (Å²) in [5.74, 6) is -1.26. The molecule has 1 aliphatic rings. The Kier molecular flexibility index (Phi) is 3.57. The molecule has 1 amide bonds. The molecule has 6 nitrogen and oxygen atoms in total. The molecule has 18 heavy (non-hydrogen) atoms. The number of carboxylic acids is 1. The van der Waals surface area contributed by atoms with E-state index < -0.39 is 12.1 Å². The van der Waals surface area contributed by atoms with E-state index in [4.69, 9.17) is 9.84 Å². The Balaban J connectivity index is 2.09. The third-order valence-corrected chi connectivity index (χ3v) is 2.79. The zero-order valence-electron chi connectivity index (χ0n) is 10.00. The lowest BCUT2D eigenvalue weighted by molar-refractivity contribution is -0.154. The molecule has 0 aromatic carbocycles. The van der Waals surface area contributed by atoms with Crippen LogP contribution < -0.4 is 0 Å². The number of aromatic nitrogens is 1. The largest absolute Gasteiger partial charge is 0.479 e. The van der Waals surface area contributed by atoms with E-state index in [0.29, 0.717) is 12.1 Å². The second-order valence-corrected chi connectivity index (χ2v) is 4.14. The van der Waals surface area contributed by atoms with Gasteiger partial charge in [0.15, 0.2) is 6.10 Å². The minimum absolute atomic E-state index is 0.0715. The minimum atomic E-state index is -1.05. The maximum Gasteiger partial charge on any atom is 0.334 e. The zero-order valence-corrected chi connectivity index (χ0v) is 10.00. The summed E-state index contributed by atoms with van der Waals surface area (Å²) in [4.78, 5) is 28.5. The number of morpholine rings is 1. The number of aryl methyl sites for hydroxylation is 1.